The van der Waals surface area contributed by atoms with E-state index in [-0.39, 0.29) is 17.9 Å². The van der Waals surface area contributed by atoms with Gasteiger partial charge in [-0.1, -0.05) is 6.07 Å². The average Bonchev–Trinajstić information content (AvgIpc) is 3.41. The number of rotatable bonds is 4. The van der Waals surface area contributed by atoms with Crippen molar-refractivity contribution in [2.75, 3.05) is 4.90 Å². The van der Waals surface area contributed by atoms with Gasteiger partial charge in [0.25, 0.3) is 0 Å². The zero-order valence-corrected chi connectivity index (χ0v) is 17.6. The lowest BCUT2D eigenvalue weighted by molar-refractivity contribution is 0.549. The van der Waals surface area contributed by atoms with E-state index in [2.05, 4.69) is 25.9 Å². The molecule has 0 saturated carbocycles. The molecule has 1 aromatic carbocycles. The molecule has 0 aliphatic carbocycles. The highest BCUT2D eigenvalue weighted by molar-refractivity contribution is 7.80. The average molecular weight is 430 g/mol. The highest BCUT2D eigenvalue weighted by atomic mass is 32.1. The maximum absolute atomic E-state index is 14.0. The minimum absolute atomic E-state index is 0.176. The van der Waals surface area contributed by atoms with Crippen molar-refractivity contribution in [3.05, 3.63) is 108 Å². The Morgan fingerprint density at radius 2 is 1.90 bits per heavy atom. The third-order valence-corrected chi connectivity index (χ3v) is 5.84. The Morgan fingerprint density at radius 3 is 2.65 bits per heavy atom. The van der Waals surface area contributed by atoms with Gasteiger partial charge in [0.2, 0.25) is 0 Å². The Labute approximate surface area is 185 Å². The van der Waals surface area contributed by atoms with Crippen LogP contribution in [0.5, 0.6) is 0 Å². The molecule has 5 nitrogen and oxygen atoms in total. The van der Waals surface area contributed by atoms with E-state index in [1.54, 1.807) is 25.4 Å². The molecular formula is C24H20FN5S. The lowest BCUT2D eigenvalue weighted by Crippen LogP contribution is -2.30. The van der Waals surface area contributed by atoms with Gasteiger partial charge < -0.3 is 14.8 Å². The van der Waals surface area contributed by atoms with Crippen LogP contribution in [0.1, 0.15) is 29.0 Å². The summed E-state index contributed by atoms with van der Waals surface area (Å²) in [6.45, 7) is 1.76. The maximum atomic E-state index is 14.0. The summed E-state index contributed by atoms with van der Waals surface area (Å²) in [6.07, 6.45) is 7.37. The van der Waals surface area contributed by atoms with E-state index >= 15 is 0 Å². The molecule has 2 atom stereocenters. The number of halogens is 1. The predicted octanol–water partition coefficient (Wildman–Crippen LogP) is 4.89. The van der Waals surface area contributed by atoms with Crippen LogP contribution in [0.3, 0.4) is 0 Å². The fourth-order valence-electron chi connectivity index (χ4n) is 4.08. The van der Waals surface area contributed by atoms with Crippen molar-refractivity contribution in [1.82, 2.24) is 19.9 Å². The first-order chi connectivity index (χ1) is 15.1. The first-order valence-corrected chi connectivity index (χ1v) is 10.4. The van der Waals surface area contributed by atoms with Crippen LogP contribution in [-0.4, -0.2) is 19.6 Å². The van der Waals surface area contributed by atoms with Crippen LogP contribution >= 0.6 is 12.2 Å². The smallest absolute Gasteiger partial charge is 0.174 e. The summed E-state index contributed by atoms with van der Waals surface area (Å²) in [5, 5.41) is 4.02. The molecule has 1 N–H and O–H groups in total. The van der Waals surface area contributed by atoms with E-state index in [0.29, 0.717) is 10.7 Å². The van der Waals surface area contributed by atoms with E-state index in [4.69, 9.17) is 12.2 Å². The molecule has 3 aromatic heterocycles. The molecule has 1 saturated heterocycles. The normalized spacial score (nSPS) is 18.3. The summed E-state index contributed by atoms with van der Waals surface area (Å²) in [5.74, 6) is -0.238. The number of nitrogens with zero attached hydrogens (tertiary/aromatic N) is 4. The van der Waals surface area contributed by atoms with E-state index in [1.807, 2.05) is 59.8 Å². The van der Waals surface area contributed by atoms with E-state index in [1.165, 1.54) is 6.07 Å². The van der Waals surface area contributed by atoms with Crippen LogP contribution in [0, 0.1) is 12.7 Å². The van der Waals surface area contributed by atoms with Crippen LogP contribution in [0.25, 0.3) is 5.69 Å². The zero-order chi connectivity index (χ0) is 21.4. The van der Waals surface area contributed by atoms with Gasteiger partial charge in [0.1, 0.15) is 11.9 Å². The van der Waals surface area contributed by atoms with Crippen molar-refractivity contribution in [2.24, 2.45) is 0 Å². The quantitative estimate of drug-likeness (QED) is 0.468. The number of pyridine rings is 2. The molecular weight excluding hydrogens is 409 g/mol. The monoisotopic (exact) mass is 429 g/mol. The molecule has 1 aliphatic rings. The molecule has 1 aliphatic heterocycles. The third-order valence-electron chi connectivity index (χ3n) is 5.53. The fourth-order valence-corrected chi connectivity index (χ4v) is 4.42. The number of anilines is 1. The molecule has 0 bridgehead atoms. The second-order valence-electron chi connectivity index (χ2n) is 7.44. The van der Waals surface area contributed by atoms with Gasteiger partial charge in [0, 0.05) is 30.0 Å². The molecule has 4 heterocycles. The van der Waals surface area contributed by atoms with Gasteiger partial charge >= 0.3 is 0 Å². The summed E-state index contributed by atoms with van der Waals surface area (Å²) in [5.41, 5.74) is 4.27. The molecule has 0 amide bonds. The molecule has 0 radical (unpaired) electrons. The van der Waals surface area contributed by atoms with Crippen molar-refractivity contribution in [3.63, 3.8) is 0 Å². The van der Waals surface area contributed by atoms with E-state index < -0.39 is 0 Å². The standard InChI is InChI=1S/C24H20FN5S/c1-16-14-17(9-10-19(16)25)30-23(22(28-24(30)31)20-7-2-3-12-27-20)21-8-5-13-29(21)18-6-4-11-26-15-18/h2-15,22-23H,1H3,(H,28,31)/t22-,23-/m0/s1. The summed E-state index contributed by atoms with van der Waals surface area (Å²) in [4.78, 5) is 10.9. The maximum Gasteiger partial charge on any atom is 0.174 e. The Hall–Kier alpha value is -3.58. The van der Waals surface area contributed by atoms with Crippen molar-refractivity contribution >= 4 is 23.0 Å². The first kappa shape index (κ1) is 19.4. The highest BCUT2D eigenvalue weighted by Gasteiger charge is 2.42. The van der Waals surface area contributed by atoms with Gasteiger partial charge in [-0.25, -0.2) is 4.39 Å². The summed E-state index contributed by atoms with van der Waals surface area (Å²) >= 11 is 5.76. The summed E-state index contributed by atoms with van der Waals surface area (Å²) in [6, 6.07) is 18.6. The zero-order valence-electron chi connectivity index (χ0n) is 16.8. The minimum Gasteiger partial charge on any atom is -0.351 e. The van der Waals surface area contributed by atoms with Gasteiger partial charge in [-0.3, -0.25) is 9.97 Å². The topological polar surface area (TPSA) is 46.0 Å². The molecule has 5 rings (SSSR count). The Balaban J connectivity index is 1.68. The van der Waals surface area contributed by atoms with Gasteiger partial charge in [-0.05, 0) is 79.3 Å². The number of nitrogens with one attached hydrogen (secondary N) is 1. The molecule has 154 valence electrons. The molecule has 0 spiro atoms. The second kappa shape index (κ2) is 7.92. The van der Waals surface area contributed by atoms with Gasteiger partial charge in [-0.2, -0.15) is 0 Å². The third kappa shape index (κ3) is 3.47. The highest BCUT2D eigenvalue weighted by Crippen LogP contribution is 2.42. The lowest BCUT2D eigenvalue weighted by Gasteiger charge is -2.29. The van der Waals surface area contributed by atoms with Gasteiger partial charge in [0.05, 0.1) is 23.6 Å². The number of benzene rings is 1. The van der Waals surface area contributed by atoms with Crippen LogP contribution < -0.4 is 10.2 Å². The predicted molar refractivity (Wildman–Crippen MR) is 123 cm³/mol. The lowest BCUT2D eigenvalue weighted by atomic mass is 10.0. The largest absolute Gasteiger partial charge is 0.351 e. The van der Waals surface area contributed by atoms with Crippen molar-refractivity contribution in [3.8, 4) is 5.69 Å². The fraction of sp³-hybridized carbons (Fsp3) is 0.125. The van der Waals surface area contributed by atoms with Crippen LogP contribution in [-0.2, 0) is 0 Å². The summed E-state index contributed by atoms with van der Waals surface area (Å²) < 4.78 is 16.1. The van der Waals surface area contributed by atoms with Gasteiger partial charge in [0.15, 0.2) is 5.11 Å². The second-order valence-corrected chi connectivity index (χ2v) is 7.83. The Bertz CT molecular complexity index is 1230. The minimum atomic E-state index is -0.238. The summed E-state index contributed by atoms with van der Waals surface area (Å²) in [7, 11) is 0. The van der Waals surface area contributed by atoms with Crippen LogP contribution in [0.4, 0.5) is 10.1 Å². The number of hydrogen-bond acceptors (Lipinski definition) is 3. The molecule has 4 aromatic rings. The van der Waals surface area contributed by atoms with E-state index in [0.717, 1.165) is 22.8 Å². The van der Waals surface area contributed by atoms with Gasteiger partial charge in [-0.15, -0.1) is 0 Å². The molecule has 0 unspecified atom stereocenters. The SMILES string of the molecule is Cc1cc(N2C(=S)N[C@@H](c3ccccn3)[C@@H]2c2cccn2-c2cccnc2)ccc1F. The number of aromatic nitrogens is 3. The van der Waals surface area contributed by atoms with Crippen molar-refractivity contribution < 1.29 is 4.39 Å². The number of thiocarbonyl (C=S) groups is 1. The van der Waals surface area contributed by atoms with Crippen LogP contribution in [0.2, 0.25) is 0 Å². The first-order valence-electron chi connectivity index (χ1n) is 9.98. The Morgan fingerprint density at radius 1 is 1.00 bits per heavy atom. The van der Waals surface area contributed by atoms with E-state index in [9.17, 15) is 4.39 Å². The number of aryl methyl sites for hydroxylation is 1. The van der Waals surface area contributed by atoms with Crippen LogP contribution in [0.15, 0.2) is 85.5 Å². The molecule has 7 heteroatoms. The van der Waals surface area contributed by atoms with Crippen molar-refractivity contribution in [1.29, 1.82) is 0 Å². The number of hydrogen-bond donors (Lipinski definition) is 1. The van der Waals surface area contributed by atoms with Crippen molar-refractivity contribution in [2.45, 2.75) is 19.0 Å². The molecule has 1 fully saturated rings. The molecule has 31 heavy (non-hydrogen) atoms. The Kier molecular flexibility index (Phi) is 4.95.